The second-order valence-corrected chi connectivity index (χ2v) is 3.14. The van der Waals surface area contributed by atoms with E-state index in [9.17, 15) is 8.42 Å². The maximum atomic E-state index is 10.6. The molecule has 0 aromatic carbocycles. The largest absolute Gasteiger partial charge is 0.349 e. The third-order valence-electron chi connectivity index (χ3n) is 1.51. The van der Waals surface area contributed by atoms with Crippen LogP contribution >= 0.6 is 0 Å². The summed E-state index contributed by atoms with van der Waals surface area (Å²) in [4.78, 5) is 3.94. The number of nitrogens with zero attached hydrogens (tertiary/aromatic N) is 1. The normalized spacial score (nSPS) is 25.7. The van der Waals surface area contributed by atoms with Gasteiger partial charge in [-0.1, -0.05) is 0 Å². The Morgan fingerprint density at radius 3 is 2.83 bits per heavy atom. The molecule has 6 heteroatoms. The molecule has 0 bridgehead atoms. The molecule has 1 rings (SSSR count). The summed E-state index contributed by atoms with van der Waals surface area (Å²) in [6.07, 6.45) is 2.92. The van der Waals surface area contributed by atoms with E-state index in [4.69, 9.17) is 5.73 Å². The number of hydrogen-bond acceptors (Lipinski definition) is 4. The van der Waals surface area contributed by atoms with Crippen molar-refractivity contribution in [3.05, 3.63) is 12.3 Å². The first-order valence-corrected chi connectivity index (χ1v) is 4.35. The van der Waals surface area contributed by atoms with Crippen molar-refractivity contribution < 1.29 is 8.42 Å². The summed E-state index contributed by atoms with van der Waals surface area (Å²) in [6.45, 7) is 0. The monoisotopic (exact) mass is 187 g/mol. The maximum absolute atomic E-state index is 10.6. The van der Waals surface area contributed by atoms with Gasteiger partial charge >= 0.3 is 0 Å². The maximum Gasteiger partial charge on any atom is 0.219 e. The number of nitrogens with one attached hydrogen (secondary N) is 1. The SMILES string of the molecule is CN=C1NC=CC(=S(=O)=O)C1N. The zero-order valence-corrected chi connectivity index (χ0v) is 7.30. The van der Waals surface area contributed by atoms with Crippen molar-refractivity contribution in [2.24, 2.45) is 10.7 Å². The third kappa shape index (κ3) is 1.54. The average Bonchev–Trinajstić information content (AvgIpc) is 2.04. The number of rotatable bonds is 0. The molecule has 0 aliphatic carbocycles. The molecule has 1 atom stereocenters. The number of nitrogens with two attached hydrogens (primary N) is 1. The van der Waals surface area contributed by atoms with Crippen LogP contribution < -0.4 is 11.1 Å². The van der Waals surface area contributed by atoms with Crippen molar-refractivity contribution in [3.8, 4) is 0 Å². The first kappa shape index (κ1) is 8.95. The summed E-state index contributed by atoms with van der Waals surface area (Å²) in [5.41, 5.74) is 5.56. The highest BCUT2D eigenvalue weighted by molar-refractivity contribution is 7.73. The van der Waals surface area contributed by atoms with Crippen molar-refractivity contribution >= 4 is 21.0 Å². The van der Waals surface area contributed by atoms with E-state index in [1.807, 2.05) is 0 Å². The summed E-state index contributed by atoms with van der Waals surface area (Å²) in [6, 6.07) is -0.668. The minimum absolute atomic E-state index is 0.148. The lowest BCUT2D eigenvalue weighted by molar-refractivity contribution is 0.626. The molecular formula is C6H9N3O2S. The first-order chi connectivity index (χ1) is 5.66. The van der Waals surface area contributed by atoms with Gasteiger partial charge in [-0.15, -0.1) is 0 Å². The topological polar surface area (TPSA) is 84.5 Å². The molecule has 0 saturated heterocycles. The predicted molar refractivity (Wildman–Crippen MR) is 47.5 cm³/mol. The lowest BCUT2D eigenvalue weighted by Crippen LogP contribution is -2.47. The summed E-state index contributed by atoms with van der Waals surface area (Å²) in [5, 5.41) is 2.75. The highest BCUT2D eigenvalue weighted by Crippen LogP contribution is 1.94. The fraction of sp³-hybridized carbons (Fsp3) is 0.333. The van der Waals surface area contributed by atoms with Crippen LogP contribution in [0.4, 0.5) is 0 Å². The van der Waals surface area contributed by atoms with Gasteiger partial charge in [-0.2, -0.15) is 8.42 Å². The van der Waals surface area contributed by atoms with Gasteiger partial charge in [0.1, 0.15) is 11.9 Å². The zero-order chi connectivity index (χ0) is 9.14. The summed E-state index contributed by atoms with van der Waals surface area (Å²) in [7, 11) is -0.722. The second kappa shape index (κ2) is 3.51. The minimum atomic E-state index is -2.27. The van der Waals surface area contributed by atoms with E-state index in [1.54, 1.807) is 7.05 Å². The van der Waals surface area contributed by atoms with Gasteiger partial charge in [-0.05, 0) is 6.08 Å². The molecule has 0 fully saturated rings. The molecule has 5 nitrogen and oxygen atoms in total. The molecule has 0 spiro atoms. The molecule has 0 aromatic rings. The van der Waals surface area contributed by atoms with Gasteiger partial charge < -0.3 is 11.1 Å². The molecule has 0 aromatic heterocycles. The Labute approximate surface area is 71.5 Å². The lowest BCUT2D eigenvalue weighted by Gasteiger charge is -2.16. The van der Waals surface area contributed by atoms with Crippen LogP contribution in [0.3, 0.4) is 0 Å². The molecule has 0 saturated carbocycles. The van der Waals surface area contributed by atoms with Gasteiger partial charge in [-0.3, -0.25) is 4.99 Å². The molecule has 1 heterocycles. The Bertz CT molecular complexity index is 358. The third-order valence-corrected chi connectivity index (χ3v) is 2.29. The highest BCUT2D eigenvalue weighted by Gasteiger charge is 2.19. The highest BCUT2D eigenvalue weighted by atomic mass is 32.2. The van der Waals surface area contributed by atoms with Gasteiger partial charge in [0.05, 0.1) is 4.86 Å². The van der Waals surface area contributed by atoms with Crippen molar-refractivity contribution in [3.63, 3.8) is 0 Å². The molecule has 1 unspecified atom stereocenters. The summed E-state index contributed by atoms with van der Waals surface area (Å²) in [5.74, 6) is 0.455. The molecule has 12 heavy (non-hydrogen) atoms. The molecule has 0 amide bonds. The van der Waals surface area contributed by atoms with Crippen LogP contribution in [0.15, 0.2) is 17.3 Å². The van der Waals surface area contributed by atoms with E-state index in [1.165, 1.54) is 12.3 Å². The Hall–Kier alpha value is -1.14. The fourth-order valence-electron chi connectivity index (χ4n) is 0.900. The smallest absolute Gasteiger partial charge is 0.219 e. The van der Waals surface area contributed by atoms with Crippen LogP contribution in [0.2, 0.25) is 0 Å². The second-order valence-electron chi connectivity index (χ2n) is 2.20. The molecular weight excluding hydrogens is 178 g/mol. The van der Waals surface area contributed by atoms with E-state index in [0.717, 1.165) is 0 Å². The average molecular weight is 187 g/mol. The Kier molecular flexibility index (Phi) is 2.61. The number of aliphatic imine (C=N–C) groups is 1. The van der Waals surface area contributed by atoms with E-state index < -0.39 is 16.3 Å². The molecule has 1 aliphatic heterocycles. The van der Waals surface area contributed by atoms with E-state index in [2.05, 4.69) is 10.3 Å². The predicted octanol–water partition coefficient (Wildman–Crippen LogP) is -1.49. The van der Waals surface area contributed by atoms with Gasteiger partial charge in [0.2, 0.25) is 10.3 Å². The first-order valence-electron chi connectivity index (χ1n) is 3.28. The number of amidine groups is 1. The fourth-order valence-corrected chi connectivity index (χ4v) is 1.40. The van der Waals surface area contributed by atoms with Crippen LogP contribution in [0, 0.1) is 0 Å². The van der Waals surface area contributed by atoms with E-state index in [0.29, 0.717) is 5.84 Å². The van der Waals surface area contributed by atoms with Crippen LogP contribution in [0.5, 0.6) is 0 Å². The van der Waals surface area contributed by atoms with Crippen molar-refractivity contribution in [1.29, 1.82) is 0 Å². The summed E-state index contributed by atoms with van der Waals surface area (Å²) < 4.78 is 21.2. The molecule has 1 aliphatic rings. The van der Waals surface area contributed by atoms with Crippen molar-refractivity contribution in [2.75, 3.05) is 7.05 Å². The van der Waals surface area contributed by atoms with E-state index in [-0.39, 0.29) is 4.86 Å². The Morgan fingerprint density at radius 1 is 1.67 bits per heavy atom. The molecule has 66 valence electrons. The molecule has 3 N–H and O–H groups in total. The zero-order valence-electron chi connectivity index (χ0n) is 6.48. The minimum Gasteiger partial charge on any atom is -0.349 e. The molecule has 0 radical (unpaired) electrons. The van der Waals surface area contributed by atoms with Gasteiger partial charge in [0.25, 0.3) is 0 Å². The van der Waals surface area contributed by atoms with Crippen LogP contribution in [-0.2, 0) is 10.3 Å². The van der Waals surface area contributed by atoms with Crippen LogP contribution in [-0.4, -0.2) is 32.2 Å². The van der Waals surface area contributed by atoms with Crippen molar-refractivity contribution in [2.45, 2.75) is 6.04 Å². The quantitative estimate of drug-likeness (QED) is 0.452. The van der Waals surface area contributed by atoms with E-state index >= 15 is 0 Å². The lowest BCUT2D eigenvalue weighted by atomic mass is 10.1. The van der Waals surface area contributed by atoms with Crippen LogP contribution in [0.1, 0.15) is 0 Å². The summed E-state index contributed by atoms with van der Waals surface area (Å²) >= 11 is 0. The Balaban J connectivity index is 3.20. The van der Waals surface area contributed by atoms with Gasteiger partial charge in [-0.25, -0.2) is 0 Å². The van der Waals surface area contributed by atoms with Gasteiger partial charge in [0.15, 0.2) is 0 Å². The van der Waals surface area contributed by atoms with Crippen molar-refractivity contribution in [1.82, 2.24) is 5.32 Å². The Morgan fingerprint density at radius 2 is 2.33 bits per heavy atom. The van der Waals surface area contributed by atoms with Gasteiger partial charge in [0, 0.05) is 13.2 Å². The number of hydrogen-bond donors (Lipinski definition) is 2. The standard InChI is InChI=1S/C6H9N3O2S/c1-8-6-5(7)4(12(10)11)2-3-9-6/h2-3,5H,7H2,1H3,(H,8,9). The van der Waals surface area contributed by atoms with Crippen LogP contribution in [0.25, 0.3) is 0 Å².